The number of aromatic nitrogens is 3. The molecule has 0 aliphatic heterocycles. The van der Waals surface area contributed by atoms with Crippen molar-refractivity contribution in [3.8, 4) is 11.3 Å². The van der Waals surface area contributed by atoms with E-state index in [0.29, 0.717) is 0 Å². The third kappa shape index (κ3) is 3.56. The van der Waals surface area contributed by atoms with Gasteiger partial charge in [-0.05, 0) is 47.4 Å². The predicted octanol–water partition coefficient (Wildman–Crippen LogP) is 4.59. The first-order valence-electron chi connectivity index (χ1n) is 7.97. The molecule has 4 aromatic rings. The molecule has 0 radical (unpaired) electrons. The molecule has 122 valence electrons. The number of pyridine rings is 1. The van der Waals surface area contributed by atoms with Gasteiger partial charge in [-0.25, -0.2) is 0 Å². The highest BCUT2D eigenvalue weighted by Gasteiger charge is 2.04. The molecule has 4 nitrogen and oxygen atoms in total. The molecule has 0 aliphatic carbocycles. The van der Waals surface area contributed by atoms with Crippen molar-refractivity contribution in [1.29, 1.82) is 0 Å². The van der Waals surface area contributed by atoms with E-state index < -0.39 is 0 Å². The number of allylic oxidation sites excluding steroid dienone is 1. The Bertz CT molecular complexity index is 1020. The van der Waals surface area contributed by atoms with Crippen LogP contribution in [-0.2, 0) is 6.42 Å². The highest BCUT2D eigenvalue weighted by molar-refractivity contribution is 7.03. The summed E-state index contributed by atoms with van der Waals surface area (Å²) >= 11 is 1.36. The van der Waals surface area contributed by atoms with Crippen molar-refractivity contribution < 1.29 is 0 Å². The third-order valence-corrected chi connectivity index (χ3v) is 4.48. The van der Waals surface area contributed by atoms with E-state index in [1.807, 2.05) is 41.8 Å². The maximum absolute atomic E-state index is 5.70. The number of nitrogen functional groups attached to an aromatic ring is 1. The lowest BCUT2D eigenvalue weighted by Gasteiger charge is -2.03. The molecular formula is C20H16N4S. The minimum absolute atomic E-state index is 0.779. The molecule has 0 saturated heterocycles. The normalized spacial score (nSPS) is 11.4. The van der Waals surface area contributed by atoms with E-state index in [1.165, 1.54) is 11.5 Å². The lowest BCUT2D eigenvalue weighted by Crippen LogP contribution is -1.89. The Balaban J connectivity index is 1.53. The van der Waals surface area contributed by atoms with Gasteiger partial charge in [-0.3, -0.25) is 4.98 Å². The first kappa shape index (κ1) is 15.5. The first-order chi connectivity index (χ1) is 12.3. The Morgan fingerprint density at radius 2 is 1.88 bits per heavy atom. The van der Waals surface area contributed by atoms with Crippen LogP contribution in [0, 0.1) is 0 Å². The van der Waals surface area contributed by atoms with Gasteiger partial charge in [0.15, 0.2) is 0 Å². The maximum atomic E-state index is 5.70. The molecule has 2 N–H and O–H groups in total. The lowest BCUT2D eigenvalue weighted by atomic mass is 10.1. The number of nitrogens with two attached hydrogens (primary N) is 1. The summed E-state index contributed by atoms with van der Waals surface area (Å²) in [6.07, 6.45) is 5.00. The van der Waals surface area contributed by atoms with Crippen molar-refractivity contribution in [3.05, 3.63) is 77.3 Å². The van der Waals surface area contributed by atoms with Gasteiger partial charge in [0.25, 0.3) is 0 Å². The highest BCUT2D eigenvalue weighted by atomic mass is 32.1. The van der Waals surface area contributed by atoms with E-state index >= 15 is 0 Å². The average molecular weight is 344 g/mol. The van der Waals surface area contributed by atoms with Crippen molar-refractivity contribution in [3.63, 3.8) is 0 Å². The fourth-order valence-electron chi connectivity index (χ4n) is 2.65. The Labute approximate surface area is 149 Å². The predicted molar refractivity (Wildman–Crippen MR) is 104 cm³/mol. The zero-order valence-corrected chi connectivity index (χ0v) is 14.3. The molecule has 2 aromatic carbocycles. The van der Waals surface area contributed by atoms with Crippen molar-refractivity contribution in [2.24, 2.45) is 0 Å². The van der Waals surface area contributed by atoms with Gasteiger partial charge in [0.2, 0.25) is 0 Å². The van der Waals surface area contributed by atoms with E-state index in [1.54, 1.807) is 0 Å². The Kier molecular flexibility index (Phi) is 4.23. The molecule has 0 unspecified atom stereocenters. The molecule has 25 heavy (non-hydrogen) atoms. The van der Waals surface area contributed by atoms with Crippen LogP contribution in [0.2, 0.25) is 0 Å². The van der Waals surface area contributed by atoms with Gasteiger partial charge >= 0.3 is 0 Å². The van der Waals surface area contributed by atoms with Gasteiger partial charge in [-0.2, -0.15) is 0 Å². The molecule has 0 amide bonds. The summed E-state index contributed by atoms with van der Waals surface area (Å²) in [5.41, 5.74) is 11.6. The van der Waals surface area contributed by atoms with Gasteiger partial charge < -0.3 is 5.73 Å². The number of nitrogens with zero attached hydrogens (tertiary/aromatic N) is 3. The molecule has 0 fully saturated rings. The van der Waals surface area contributed by atoms with Gasteiger partial charge in [0, 0.05) is 34.1 Å². The second kappa shape index (κ2) is 6.83. The second-order valence-corrected chi connectivity index (χ2v) is 6.38. The fourth-order valence-corrected chi connectivity index (χ4v) is 3.12. The first-order valence-corrected chi connectivity index (χ1v) is 8.81. The minimum Gasteiger partial charge on any atom is -0.399 e. The standard InChI is InChI=1S/C20H16N4S/c21-17-8-4-14(5-9-17)2-1-3-18-10-6-15-12-16(7-11-19(15)22-18)20-13-25-24-23-20/h1-2,4-13H,3,21H2. The van der Waals surface area contributed by atoms with Crippen LogP contribution in [0.1, 0.15) is 11.3 Å². The quantitative estimate of drug-likeness (QED) is 0.550. The summed E-state index contributed by atoms with van der Waals surface area (Å²) in [4.78, 5) is 4.74. The minimum atomic E-state index is 0.779. The molecule has 0 bridgehead atoms. The topological polar surface area (TPSA) is 64.7 Å². The summed E-state index contributed by atoms with van der Waals surface area (Å²) in [6.45, 7) is 0. The summed E-state index contributed by atoms with van der Waals surface area (Å²) in [5, 5.41) is 7.17. The van der Waals surface area contributed by atoms with Crippen LogP contribution in [0.5, 0.6) is 0 Å². The van der Waals surface area contributed by atoms with Crippen molar-refractivity contribution >= 4 is 34.2 Å². The van der Waals surface area contributed by atoms with E-state index in [-0.39, 0.29) is 0 Å². The van der Waals surface area contributed by atoms with E-state index in [0.717, 1.165) is 45.5 Å². The molecule has 2 heterocycles. The summed E-state index contributed by atoms with van der Waals surface area (Å²) in [6, 6.07) is 18.2. The molecule has 0 spiro atoms. The number of fused-ring (bicyclic) bond motifs is 1. The van der Waals surface area contributed by atoms with Crippen molar-refractivity contribution in [1.82, 2.24) is 14.6 Å². The maximum Gasteiger partial charge on any atom is 0.105 e. The Morgan fingerprint density at radius 1 is 1.00 bits per heavy atom. The zero-order valence-electron chi connectivity index (χ0n) is 13.5. The summed E-state index contributed by atoms with van der Waals surface area (Å²) in [5.74, 6) is 0. The Hall–Kier alpha value is -3.05. The van der Waals surface area contributed by atoms with E-state index in [4.69, 9.17) is 10.7 Å². The van der Waals surface area contributed by atoms with Crippen LogP contribution in [-0.4, -0.2) is 14.6 Å². The van der Waals surface area contributed by atoms with Crippen LogP contribution in [0.3, 0.4) is 0 Å². The third-order valence-electron chi connectivity index (χ3n) is 3.98. The zero-order chi connectivity index (χ0) is 17.1. The molecular weight excluding hydrogens is 328 g/mol. The van der Waals surface area contributed by atoms with Crippen molar-refractivity contribution in [2.75, 3.05) is 5.73 Å². The number of hydrogen-bond acceptors (Lipinski definition) is 5. The Morgan fingerprint density at radius 3 is 2.68 bits per heavy atom. The van der Waals surface area contributed by atoms with E-state index in [9.17, 15) is 0 Å². The van der Waals surface area contributed by atoms with Gasteiger partial charge in [0.05, 0.1) is 5.52 Å². The molecule has 4 rings (SSSR count). The molecule has 0 saturated carbocycles. The van der Waals surface area contributed by atoms with Gasteiger partial charge in [0.1, 0.15) is 5.69 Å². The average Bonchev–Trinajstić information content (AvgIpc) is 3.18. The van der Waals surface area contributed by atoms with Crippen LogP contribution >= 0.6 is 11.5 Å². The number of hydrogen-bond donors (Lipinski definition) is 1. The second-order valence-electron chi connectivity index (χ2n) is 5.77. The molecule has 2 aromatic heterocycles. The smallest absolute Gasteiger partial charge is 0.105 e. The van der Waals surface area contributed by atoms with Crippen LogP contribution < -0.4 is 5.73 Å². The molecule has 0 atom stereocenters. The molecule has 0 aliphatic rings. The van der Waals surface area contributed by atoms with Gasteiger partial charge in [-0.1, -0.05) is 40.9 Å². The van der Waals surface area contributed by atoms with Gasteiger partial charge in [-0.15, -0.1) is 5.10 Å². The number of anilines is 1. The fraction of sp³-hybridized carbons (Fsp3) is 0.0500. The SMILES string of the molecule is Nc1ccc(C=CCc2ccc3cc(-c4csnn4)ccc3n2)cc1. The number of benzene rings is 2. The van der Waals surface area contributed by atoms with E-state index in [2.05, 4.69) is 39.9 Å². The van der Waals surface area contributed by atoms with Crippen molar-refractivity contribution in [2.45, 2.75) is 6.42 Å². The molecule has 5 heteroatoms. The van der Waals surface area contributed by atoms with Crippen LogP contribution in [0.15, 0.2) is 66.1 Å². The summed E-state index contributed by atoms with van der Waals surface area (Å²) in [7, 11) is 0. The lowest BCUT2D eigenvalue weighted by molar-refractivity contribution is 1.15. The van der Waals surface area contributed by atoms with Crippen LogP contribution in [0.4, 0.5) is 5.69 Å². The number of rotatable bonds is 4. The largest absolute Gasteiger partial charge is 0.399 e. The summed E-state index contributed by atoms with van der Waals surface area (Å²) < 4.78 is 3.92. The monoisotopic (exact) mass is 344 g/mol. The van der Waals surface area contributed by atoms with Crippen LogP contribution in [0.25, 0.3) is 28.2 Å². The highest BCUT2D eigenvalue weighted by Crippen LogP contribution is 2.23.